The van der Waals surface area contributed by atoms with Crippen LogP contribution in [0.2, 0.25) is 0 Å². The molecule has 0 aromatic heterocycles. The molecular weight excluding hydrogens is 292 g/mol. The van der Waals surface area contributed by atoms with Crippen LogP contribution in [0.4, 0.5) is 5.69 Å². The van der Waals surface area contributed by atoms with Crippen LogP contribution in [0.1, 0.15) is 32.4 Å². The van der Waals surface area contributed by atoms with Crippen LogP contribution in [-0.4, -0.2) is 25.3 Å². The lowest BCUT2D eigenvalue weighted by Gasteiger charge is -2.44. The molecule has 0 saturated carbocycles. The molecule has 1 atom stereocenters. The summed E-state index contributed by atoms with van der Waals surface area (Å²) in [6, 6.07) is 6.46. The first-order valence-electron chi connectivity index (χ1n) is 6.32. The highest BCUT2D eigenvalue weighted by atomic mass is 79.9. The molecule has 2 rings (SSSR count). The van der Waals surface area contributed by atoms with Crippen LogP contribution < -0.4 is 10.6 Å². The summed E-state index contributed by atoms with van der Waals surface area (Å²) in [6.45, 7) is 8.89. The third kappa shape index (κ3) is 2.71. The summed E-state index contributed by atoms with van der Waals surface area (Å²) < 4.78 is 6.64. The summed E-state index contributed by atoms with van der Waals surface area (Å²) >= 11 is 3.61. The Morgan fingerprint density at radius 1 is 1.44 bits per heavy atom. The third-order valence-electron chi connectivity index (χ3n) is 3.43. The molecule has 4 heteroatoms. The van der Waals surface area contributed by atoms with Crippen LogP contribution in [0.5, 0.6) is 0 Å². The minimum absolute atomic E-state index is 0.0353. The van der Waals surface area contributed by atoms with Crippen LogP contribution in [-0.2, 0) is 4.74 Å². The summed E-state index contributed by atoms with van der Waals surface area (Å²) in [5.74, 6) is 0. The zero-order chi connectivity index (χ0) is 13.3. The van der Waals surface area contributed by atoms with Gasteiger partial charge in [-0.25, -0.2) is 0 Å². The molecule has 1 aromatic carbocycles. The molecule has 100 valence electrons. The minimum atomic E-state index is 0.0353. The van der Waals surface area contributed by atoms with E-state index in [9.17, 15) is 0 Å². The summed E-state index contributed by atoms with van der Waals surface area (Å²) in [5.41, 5.74) is 8.33. The lowest BCUT2D eigenvalue weighted by atomic mass is 10.0. The predicted molar refractivity (Wildman–Crippen MR) is 79.0 cm³/mol. The van der Waals surface area contributed by atoms with E-state index < -0.39 is 0 Å². The van der Waals surface area contributed by atoms with Crippen molar-refractivity contribution in [2.75, 3.05) is 24.7 Å². The van der Waals surface area contributed by atoms with Crippen molar-refractivity contribution in [3.63, 3.8) is 0 Å². The van der Waals surface area contributed by atoms with Gasteiger partial charge in [-0.15, -0.1) is 0 Å². The number of hydrogen-bond donors (Lipinski definition) is 1. The average molecular weight is 313 g/mol. The van der Waals surface area contributed by atoms with E-state index in [4.69, 9.17) is 10.5 Å². The standard InChI is InChI=1S/C14H21BrN2O/c1-10(16)12-5-4-11(8-13(12)15)17-6-7-18-9-14(17,2)3/h4-5,8,10H,6-7,9,16H2,1-3H3/t10-/m1/s1. The number of hydrogen-bond acceptors (Lipinski definition) is 3. The van der Waals surface area contributed by atoms with Crippen LogP contribution in [0.25, 0.3) is 0 Å². The molecule has 18 heavy (non-hydrogen) atoms. The number of halogens is 1. The summed E-state index contributed by atoms with van der Waals surface area (Å²) in [4.78, 5) is 2.40. The molecule has 1 fully saturated rings. The van der Waals surface area contributed by atoms with Gasteiger partial charge in [0.1, 0.15) is 0 Å². The van der Waals surface area contributed by atoms with Crippen LogP contribution >= 0.6 is 15.9 Å². The zero-order valence-corrected chi connectivity index (χ0v) is 12.8. The molecule has 0 bridgehead atoms. The fourth-order valence-electron chi connectivity index (χ4n) is 2.39. The Morgan fingerprint density at radius 2 is 2.17 bits per heavy atom. The molecule has 0 unspecified atom stereocenters. The van der Waals surface area contributed by atoms with E-state index in [1.165, 1.54) is 5.69 Å². The summed E-state index contributed by atoms with van der Waals surface area (Å²) in [6.07, 6.45) is 0. The Labute approximate surface area is 117 Å². The first-order valence-corrected chi connectivity index (χ1v) is 7.11. The molecule has 1 aliphatic rings. The van der Waals surface area contributed by atoms with Gasteiger partial charge < -0.3 is 15.4 Å². The molecule has 1 aromatic rings. The van der Waals surface area contributed by atoms with Crippen molar-refractivity contribution in [2.24, 2.45) is 5.73 Å². The van der Waals surface area contributed by atoms with E-state index in [0.29, 0.717) is 0 Å². The second-order valence-corrected chi connectivity index (χ2v) is 6.37. The van der Waals surface area contributed by atoms with Gasteiger partial charge in [-0.1, -0.05) is 22.0 Å². The highest BCUT2D eigenvalue weighted by Gasteiger charge is 2.30. The smallest absolute Gasteiger partial charge is 0.0694 e. The number of morpholine rings is 1. The topological polar surface area (TPSA) is 38.5 Å². The van der Waals surface area contributed by atoms with E-state index in [1.54, 1.807) is 0 Å². The van der Waals surface area contributed by atoms with Crippen molar-refractivity contribution in [3.05, 3.63) is 28.2 Å². The Kier molecular flexibility index (Phi) is 3.99. The quantitative estimate of drug-likeness (QED) is 0.912. The van der Waals surface area contributed by atoms with Gasteiger partial charge in [0.05, 0.1) is 18.8 Å². The number of nitrogens with zero attached hydrogens (tertiary/aromatic N) is 1. The molecule has 0 radical (unpaired) electrons. The molecule has 0 aliphatic carbocycles. The molecular formula is C14H21BrN2O. The second-order valence-electron chi connectivity index (χ2n) is 5.51. The highest BCUT2D eigenvalue weighted by Crippen LogP contribution is 2.32. The number of nitrogens with two attached hydrogens (primary N) is 1. The fraction of sp³-hybridized carbons (Fsp3) is 0.571. The fourth-order valence-corrected chi connectivity index (χ4v) is 3.12. The van der Waals surface area contributed by atoms with E-state index in [1.807, 2.05) is 6.92 Å². The van der Waals surface area contributed by atoms with Crippen LogP contribution in [0, 0.1) is 0 Å². The van der Waals surface area contributed by atoms with E-state index in [-0.39, 0.29) is 11.6 Å². The molecule has 0 amide bonds. The maximum Gasteiger partial charge on any atom is 0.0694 e. The van der Waals surface area contributed by atoms with Gasteiger partial charge in [0.2, 0.25) is 0 Å². The van der Waals surface area contributed by atoms with Crippen molar-refractivity contribution in [1.29, 1.82) is 0 Å². The van der Waals surface area contributed by atoms with Crippen molar-refractivity contribution in [1.82, 2.24) is 0 Å². The van der Waals surface area contributed by atoms with Gasteiger partial charge in [-0.2, -0.15) is 0 Å². The average Bonchev–Trinajstić information content (AvgIpc) is 2.27. The second kappa shape index (κ2) is 5.19. The van der Waals surface area contributed by atoms with Crippen molar-refractivity contribution < 1.29 is 4.74 Å². The maximum atomic E-state index is 5.93. The van der Waals surface area contributed by atoms with E-state index in [0.717, 1.165) is 29.8 Å². The van der Waals surface area contributed by atoms with Crippen molar-refractivity contribution >= 4 is 21.6 Å². The Bertz CT molecular complexity index is 432. The lowest BCUT2D eigenvalue weighted by molar-refractivity contribution is 0.0644. The van der Waals surface area contributed by atoms with Crippen molar-refractivity contribution in [2.45, 2.75) is 32.4 Å². The first-order chi connectivity index (χ1) is 8.42. The summed E-state index contributed by atoms with van der Waals surface area (Å²) in [7, 11) is 0. The number of rotatable bonds is 2. The Balaban J connectivity index is 2.31. The molecule has 1 saturated heterocycles. The normalized spacial score (nSPS) is 20.8. The van der Waals surface area contributed by atoms with Gasteiger partial charge in [0.25, 0.3) is 0 Å². The number of anilines is 1. The lowest BCUT2D eigenvalue weighted by Crippen LogP contribution is -2.53. The molecule has 2 N–H and O–H groups in total. The van der Waals surface area contributed by atoms with E-state index >= 15 is 0 Å². The van der Waals surface area contributed by atoms with Crippen LogP contribution in [0.3, 0.4) is 0 Å². The van der Waals surface area contributed by atoms with Gasteiger partial charge in [0, 0.05) is 22.7 Å². The molecule has 3 nitrogen and oxygen atoms in total. The monoisotopic (exact) mass is 312 g/mol. The third-order valence-corrected chi connectivity index (χ3v) is 4.12. The van der Waals surface area contributed by atoms with Gasteiger partial charge in [-0.3, -0.25) is 0 Å². The Morgan fingerprint density at radius 3 is 2.72 bits per heavy atom. The molecule has 1 aliphatic heterocycles. The van der Waals surface area contributed by atoms with E-state index in [2.05, 4.69) is 52.9 Å². The van der Waals surface area contributed by atoms with Crippen LogP contribution in [0.15, 0.2) is 22.7 Å². The SMILES string of the molecule is C[C@@H](N)c1ccc(N2CCOCC2(C)C)cc1Br. The van der Waals surface area contributed by atoms with Gasteiger partial charge >= 0.3 is 0 Å². The van der Waals surface area contributed by atoms with Gasteiger partial charge in [-0.05, 0) is 38.5 Å². The van der Waals surface area contributed by atoms with Crippen molar-refractivity contribution in [3.8, 4) is 0 Å². The molecule has 0 spiro atoms. The molecule has 1 heterocycles. The first kappa shape index (κ1) is 13.8. The predicted octanol–water partition coefficient (Wildman–Crippen LogP) is 3.08. The number of ether oxygens (including phenoxy) is 1. The van der Waals surface area contributed by atoms with Gasteiger partial charge in [0.15, 0.2) is 0 Å². The summed E-state index contributed by atoms with van der Waals surface area (Å²) in [5, 5.41) is 0. The highest BCUT2D eigenvalue weighted by molar-refractivity contribution is 9.10. The minimum Gasteiger partial charge on any atom is -0.377 e. The number of benzene rings is 1. The Hall–Kier alpha value is -0.580. The largest absolute Gasteiger partial charge is 0.377 e. The zero-order valence-electron chi connectivity index (χ0n) is 11.2. The maximum absolute atomic E-state index is 5.93.